The van der Waals surface area contributed by atoms with Crippen LogP contribution in [0.5, 0.6) is 0 Å². The number of hydrogen-bond donors (Lipinski definition) is 3. The molecular weight excluding hydrogens is 349 g/mol. The van der Waals surface area contributed by atoms with E-state index in [-0.39, 0.29) is 11.4 Å². The first-order valence-corrected chi connectivity index (χ1v) is 9.83. The van der Waals surface area contributed by atoms with Crippen LogP contribution in [0.4, 0.5) is 4.39 Å². The van der Waals surface area contributed by atoms with E-state index in [1.165, 1.54) is 12.8 Å². The number of nitrogens with one attached hydrogen (secondary N) is 1. The average Bonchev–Trinajstić information content (AvgIpc) is 2.80. The van der Waals surface area contributed by atoms with Gasteiger partial charge in [0.2, 0.25) is 10.0 Å². The molecule has 0 spiro atoms. The Morgan fingerprint density at radius 1 is 1.28 bits per heavy atom. The number of carbonyl (C=O) groups is 1. The molecule has 2 rings (SSSR count). The molecule has 0 bridgehead atoms. The number of aliphatic hydroxyl groups excluding tert-OH is 1. The molecule has 0 saturated carbocycles. The summed E-state index contributed by atoms with van der Waals surface area (Å²) in [5.41, 5.74) is -0.423. The highest BCUT2D eigenvalue weighted by Gasteiger charge is 2.19. The fraction of sp³-hybridized carbons (Fsp3) is 0.562. The number of primary sulfonamides is 1. The number of hydrogen-bond acceptors (Lipinski definition) is 5. The molecule has 0 aromatic heterocycles. The molecule has 1 aromatic rings. The van der Waals surface area contributed by atoms with Crippen molar-refractivity contribution in [2.45, 2.75) is 36.7 Å². The van der Waals surface area contributed by atoms with E-state index in [9.17, 15) is 22.7 Å². The van der Waals surface area contributed by atoms with Crippen LogP contribution in [0.25, 0.3) is 0 Å². The van der Waals surface area contributed by atoms with Gasteiger partial charge in [-0.25, -0.2) is 17.9 Å². The predicted molar refractivity (Wildman–Crippen MR) is 91.0 cm³/mol. The van der Waals surface area contributed by atoms with Crippen LogP contribution in [-0.4, -0.2) is 56.6 Å². The van der Waals surface area contributed by atoms with Gasteiger partial charge in [0.25, 0.3) is 5.91 Å². The summed E-state index contributed by atoms with van der Waals surface area (Å²) in [6.07, 6.45) is 3.76. The van der Waals surface area contributed by atoms with E-state index in [0.29, 0.717) is 6.54 Å². The summed E-state index contributed by atoms with van der Waals surface area (Å²) in [7, 11) is -4.03. The molecule has 1 heterocycles. The van der Waals surface area contributed by atoms with Crippen molar-refractivity contribution in [1.82, 2.24) is 10.2 Å². The maximum Gasteiger partial charge on any atom is 0.254 e. The van der Waals surface area contributed by atoms with Crippen LogP contribution in [0.1, 0.15) is 36.0 Å². The quantitative estimate of drug-likeness (QED) is 0.670. The summed E-state index contributed by atoms with van der Waals surface area (Å²) in [4.78, 5) is 13.9. The lowest BCUT2D eigenvalue weighted by Crippen LogP contribution is -2.40. The number of likely N-dealkylation sites (tertiary alicyclic amines) is 1. The van der Waals surface area contributed by atoms with Crippen LogP contribution in [-0.2, 0) is 10.0 Å². The fourth-order valence-corrected chi connectivity index (χ4v) is 3.38. The topological polar surface area (TPSA) is 113 Å². The molecule has 1 aliphatic heterocycles. The average molecular weight is 373 g/mol. The molecular formula is C16H24FN3O4S. The number of aliphatic hydroxyl groups is 1. The molecule has 1 aliphatic rings. The molecule has 7 nitrogen and oxygen atoms in total. The van der Waals surface area contributed by atoms with Gasteiger partial charge in [0.1, 0.15) is 5.82 Å². The number of amides is 1. The Bertz CT molecular complexity index is 703. The summed E-state index contributed by atoms with van der Waals surface area (Å²) >= 11 is 0. The zero-order valence-electron chi connectivity index (χ0n) is 13.9. The van der Waals surface area contributed by atoms with Crippen molar-refractivity contribution in [3.63, 3.8) is 0 Å². The first kappa shape index (κ1) is 19.8. The van der Waals surface area contributed by atoms with E-state index in [1.807, 2.05) is 0 Å². The van der Waals surface area contributed by atoms with Gasteiger partial charge < -0.3 is 15.3 Å². The van der Waals surface area contributed by atoms with Crippen LogP contribution in [0, 0.1) is 5.82 Å². The predicted octanol–water partition coefficient (Wildman–Crippen LogP) is 0.440. The zero-order valence-corrected chi connectivity index (χ0v) is 14.8. The summed E-state index contributed by atoms with van der Waals surface area (Å²) in [5, 5.41) is 17.5. The molecule has 4 N–H and O–H groups in total. The largest absolute Gasteiger partial charge is 0.390 e. The Labute approximate surface area is 147 Å². The number of nitrogens with two attached hydrogens (primary N) is 1. The third kappa shape index (κ3) is 6.03. The second kappa shape index (κ2) is 8.70. The van der Waals surface area contributed by atoms with Crippen molar-refractivity contribution in [2.75, 3.05) is 26.2 Å². The molecule has 9 heteroatoms. The molecule has 140 valence electrons. The smallest absolute Gasteiger partial charge is 0.254 e. The SMILES string of the molecule is NS(=O)(=O)c1ccc(F)c(C(=O)NCC(O)CN2CCCCCC2)c1. The highest BCUT2D eigenvalue weighted by atomic mass is 32.2. The van der Waals surface area contributed by atoms with Gasteiger partial charge in [0.05, 0.1) is 16.6 Å². The zero-order chi connectivity index (χ0) is 18.4. The Morgan fingerprint density at radius 2 is 1.92 bits per heavy atom. The van der Waals surface area contributed by atoms with Gasteiger partial charge in [0, 0.05) is 13.1 Å². The number of β-amino-alcohol motifs (C(OH)–C–C–N with tert-alkyl or cyclic N) is 1. The van der Waals surface area contributed by atoms with Gasteiger partial charge in [0.15, 0.2) is 0 Å². The molecule has 0 radical (unpaired) electrons. The van der Waals surface area contributed by atoms with Crippen LogP contribution < -0.4 is 10.5 Å². The number of nitrogens with zero attached hydrogens (tertiary/aromatic N) is 1. The highest BCUT2D eigenvalue weighted by molar-refractivity contribution is 7.89. The van der Waals surface area contributed by atoms with Crippen LogP contribution in [0.15, 0.2) is 23.1 Å². The third-order valence-electron chi connectivity index (χ3n) is 4.18. The maximum absolute atomic E-state index is 13.8. The lowest BCUT2D eigenvalue weighted by Gasteiger charge is -2.23. The van der Waals surface area contributed by atoms with E-state index in [2.05, 4.69) is 10.2 Å². The monoisotopic (exact) mass is 373 g/mol. The molecule has 1 amide bonds. The van der Waals surface area contributed by atoms with Crippen molar-refractivity contribution < 1.29 is 22.7 Å². The highest BCUT2D eigenvalue weighted by Crippen LogP contribution is 2.14. The molecule has 1 unspecified atom stereocenters. The van der Waals surface area contributed by atoms with Crippen molar-refractivity contribution in [3.8, 4) is 0 Å². The number of benzene rings is 1. The molecule has 1 aromatic carbocycles. The van der Waals surface area contributed by atoms with Crippen LogP contribution in [0.2, 0.25) is 0 Å². The fourth-order valence-electron chi connectivity index (χ4n) is 2.84. The Hall–Kier alpha value is -1.55. The minimum absolute atomic E-state index is 0.0472. The first-order valence-electron chi connectivity index (χ1n) is 8.28. The molecule has 1 saturated heterocycles. The standard InChI is InChI=1S/C16H24FN3O4S/c17-15-6-5-13(25(18,23)24)9-14(15)16(22)19-10-12(21)11-20-7-3-1-2-4-8-20/h5-6,9,12,21H,1-4,7-8,10-11H2,(H,19,22)(H2,18,23,24). The third-order valence-corrected chi connectivity index (χ3v) is 5.09. The minimum atomic E-state index is -4.03. The van der Waals surface area contributed by atoms with Crippen LogP contribution in [0.3, 0.4) is 0 Å². The van der Waals surface area contributed by atoms with Gasteiger partial charge in [-0.2, -0.15) is 0 Å². The number of sulfonamides is 1. The second-order valence-electron chi connectivity index (χ2n) is 6.27. The van der Waals surface area contributed by atoms with Crippen molar-refractivity contribution in [3.05, 3.63) is 29.6 Å². The van der Waals surface area contributed by atoms with Gasteiger partial charge >= 0.3 is 0 Å². The summed E-state index contributed by atoms with van der Waals surface area (Å²) in [5.74, 6) is -1.65. The van der Waals surface area contributed by atoms with Gasteiger partial charge in [-0.3, -0.25) is 4.79 Å². The normalized spacial score (nSPS) is 17.7. The van der Waals surface area contributed by atoms with Crippen LogP contribution >= 0.6 is 0 Å². The lowest BCUT2D eigenvalue weighted by atomic mass is 10.2. The minimum Gasteiger partial charge on any atom is -0.390 e. The van der Waals surface area contributed by atoms with E-state index < -0.39 is 33.4 Å². The summed E-state index contributed by atoms with van der Waals surface area (Å²) < 4.78 is 36.4. The van der Waals surface area contributed by atoms with Crippen molar-refractivity contribution >= 4 is 15.9 Å². The van der Waals surface area contributed by atoms with E-state index in [1.54, 1.807) is 0 Å². The maximum atomic E-state index is 13.8. The number of halogens is 1. The Balaban J connectivity index is 1.93. The molecule has 1 atom stereocenters. The summed E-state index contributed by atoms with van der Waals surface area (Å²) in [6.45, 7) is 2.21. The van der Waals surface area contributed by atoms with Gasteiger partial charge in [-0.05, 0) is 44.1 Å². The lowest BCUT2D eigenvalue weighted by molar-refractivity contribution is 0.0859. The van der Waals surface area contributed by atoms with Gasteiger partial charge in [-0.1, -0.05) is 12.8 Å². The molecule has 25 heavy (non-hydrogen) atoms. The van der Waals surface area contributed by atoms with Crippen molar-refractivity contribution in [2.24, 2.45) is 5.14 Å². The Morgan fingerprint density at radius 3 is 2.52 bits per heavy atom. The van der Waals surface area contributed by atoms with E-state index in [0.717, 1.165) is 44.1 Å². The van der Waals surface area contributed by atoms with Gasteiger partial charge in [-0.15, -0.1) is 0 Å². The van der Waals surface area contributed by atoms with Crippen molar-refractivity contribution in [1.29, 1.82) is 0 Å². The Kier molecular flexibility index (Phi) is 6.88. The first-order chi connectivity index (χ1) is 11.8. The van der Waals surface area contributed by atoms with E-state index >= 15 is 0 Å². The number of carbonyl (C=O) groups excluding carboxylic acids is 1. The molecule has 1 fully saturated rings. The van der Waals surface area contributed by atoms with E-state index in [4.69, 9.17) is 5.14 Å². The second-order valence-corrected chi connectivity index (χ2v) is 7.83. The number of rotatable bonds is 6. The molecule has 0 aliphatic carbocycles. The summed E-state index contributed by atoms with van der Waals surface area (Å²) in [6, 6.07) is 2.76.